The van der Waals surface area contributed by atoms with Gasteiger partial charge in [0, 0.05) is 13.0 Å². The summed E-state index contributed by atoms with van der Waals surface area (Å²) in [4.78, 5) is 49.1. The lowest BCUT2D eigenvalue weighted by atomic mass is 10.2. The van der Waals surface area contributed by atoms with E-state index < -0.39 is 17.3 Å². The normalized spacial score (nSPS) is 12.3. The predicted octanol–water partition coefficient (Wildman–Crippen LogP) is 2.22. The molecule has 0 radical (unpaired) electrons. The van der Waals surface area contributed by atoms with Crippen LogP contribution < -0.4 is 16.6 Å². The van der Waals surface area contributed by atoms with Gasteiger partial charge in [-0.2, -0.15) is 11.8 Å². The van der Waals surface area contributed by atoms with Crippen LogP contribution in [0.3, 0.4) is 0 Å². The first-order valence-electron chi connectivity index (χ1n) is 10.0. The fraction of sp³-hybridized carbons (Fsp3) is 0.273. The molecule has 9 heteroatoms. The molecule has 160 valence electrons. The fourth-order valence-electron chi connectivity index (χ4n) is 3.61. The summed E-state index contributed by atoms with van der Waals surface area (Å²) in [5.74, 6) is 1.05. The molecule has 0 fully saturated rings. The number of thioether (sulfide) groups is 1. The highest BCUT2D eigenvalue weighted by Crippen LogP contribution is 2.14. The second-order valence-corrected chi connectivity index (χ2v) is 8.18. The van der Waals surface area contributed by atoms with Crippen LogP contribution in [0.25, 0.3) is 21.9 Å². The molecular formula is C22H23N5O3S. The van der Waals surface area contributed by atoms with Gasteiger partial charge in [0.2, 0.25) is 5.91 Å². The van der Waals surface area contributed by atoms with E-state index >= 15 is 0 Å². The Labute approximate surface area is 182 Å². The quantitative estimate of drug-likeness (QED) is 0.391. The number of imidazole rings is 1. The molecular weight excluding hydrogens is 414 g/mol. The minimum Gasteiger partial charge on any atom is -0.354 e. The number of carbonyl (C=O) groups excluding carboxylic acids is 1. The lowest BCUT2D eigenvalue weighted by molar-refractivity contribution is -0.124. The van der Waals surface area contributed by atoms with E-state index in [2.05, 4.69) is 20.3 Å². The van der Waals surface area contributed by atoms with Crippen LogP contribution >= 0.6 is 11.8 Å². The number of carbonyl (C=O) groups is 1. The first-order chi connectivity index (χ1) is 15.1. The third kappa shape index (κ3) is 4.41. The van der Waals surface area contributed by atoms with Gasteiger partial charge in [-0.3, -0.25) is 9.59 Å². The average molecular weight is 438 g/mol. The number of hydrogen-bond donors (Lipinski definition) is 3. The zero-order chi connectivity index (χ0) is 21.8. The molecule has 2 aromatic carbocycles. The number of benzene rings is 2. The second-order valence-electron chi connectivity index (χ2n) is 7.19. The average Bonchev–Trinajstić information content (AvgIpc) is 3.18. The van der Waals surface area contributed by atoms with Crippen LogP contribution in [0.1, 0.15) is 18.3 Å². The number of nitrogens with one attached hydrogen (secondary N) is 3. The van der Waals surface area contributed by atoms with E-state index in [9.17, 15) is 14.4 Å². The summed E-state index contributed by atoms with van der Waals surface area (Å²) in [6, 6.07) is 13.6. The number of amides is 1. The lowest BCUT2D eigenvalue weighted by Crippen LogP contribution is -2.45. The van der Waals surface area contributed by atoms with Crippen molar-refractivity contribution < 1.29 is 4.79 Å². The Morgan fingerprint density at radius 3 is 2.61 bits per heavy atom. The molecule has 0 aliphatic rings. The van der Waals surface area contributed by atoms with Gasteiger partial charge < -0.3 is 15.3 Å². The van der Waals surface area contributed by atoms with Crippen LogP contribution in [0, 0.1) is 0 Å². The maximum atomic E-state index is 13.0. The largest absolute Gasteiger partial charge is 0.354 e. The molecule has 31 heavy (non-hydrogen) atoms. The van der Waals surface area contributed by atoms with Gasteiger partial charge in [0.05, 0.1) is 21.9 Å². The SMILES string of the molecule is CSCCC(C(=O)NCCc1nc2ccccc2[nH]1)n1c(=O)[nH]c2ccccc2c1=O. The molecule has 0 aliphatic carbocycles. The monoisotopic (exact) mass is 437 g/mol. The number of nitrogens with zero attached hydrogens (tertiary/aromatic N) is 2. The molecule has 0 saturated carbocycles. The summed E-state index contributed by atoms with van der Waals surface area (Å²) in [6.45, 7) is 0.342. The van der Waals surface area contributed by atoms with Crippen LogP contribution in [0.5, 0.6) is 0 Å². The Morgan fingerprint density at radius 2 is 1.84 bits per heavy atom. The molecule has 0 bridgehead atoms. The summed E-state index contributed by atoms with van der Waals surface area (Å²) >= 11 is 1.56. The fourth-order valence-corrected chi connectivity index (χ4v) is 4.07. The third-order valence-corrected chi connectivity index (χ3v) is 5.79. The Bertz CT molecular complexity index is 1310. The second kappa shape index (κ2) is 9.22. The third-order valence-electron chi connectivity index (χ3n) is 5.15. The zero-order valence-electron chi connectivity index (χ0n) is 17.1. The maximum Gasteiger partial charge on any atom is 0.329 e. The van der Waals surface area contributed by atoms with Crippen molar-refractivity contribution in [3.05, 3.63) is 75.2 Å². The van der Waals surface area contributed by atoms with Crippen molar-refractivity contribution in [3.8, 4) is 0 Å². The van der Waals surface area contributed by atoms with Gasteiger partial charge >= 0.3 is 5.69 Å². The molecule has 1 amide bonds. The standard InChI is InChI=1S/C22H23N5O3S/c1-31-13-11-18(27-21(29)14-6-2-3-7-15(14)26-22(27)30)20(28)23-12-10-19-24-16-8-4-5-9-17(16)25-19/h2-9,18H,10-13H2,1H3,(H,23,28)(H,24,25)(H,26,30). The number of aromatic nitrogens is 4. The van der Waals surface area contributed by atoms with Gasteiger partial charge in [-0.05, 0) is 42.7 Å². The first kappa shape index (κ1) is 20.9. The van der Waals surface area contributed by atoms with Gasteiger partial charge in [0.1, 0.15) is 11.9 Å². The summed E-state index contributed by atoms with van der Waals surface area (Å²) in [5, 5.41) is 3.25. The van der Waals surface area contributed by atoms with Crippen molar-refractivity contribution in [2.24, 2.45) is 0 Å². The van der Waals surface area contributed by atoms with E-state index in [0.29, 0.717) is 36.0 Å². The minimum absolute atomic E-state index is 0.342. The van der Waals surface area contributed by atoms with E-state index in [1.165, 1.54) is 0 Å². The molecule has 4 rings (SSSR count). The van der Waals surface area contributed by atoms with Crippen LogP contribution in [-0.4, -0.2) is 44.0 Å². The van der Waals surface area contributed by atoms with E-state index in [1.807, 2.05) is 30.5 Å². The van der Waals surface area contributed by atoms with E-state index in [-0.39, 0.29) is 5.91 Å². The highest BCUT2D eigenvalue weighted by Gasteiger charge is 2.24. The minimum atomic E-state index is -0.885. The van der Waals surface area contributed by atoms with Crippen molar-refractivity contribution in [2.45, 2.75) is 18.9 Å². The van der Waals surface area contributed by atoms with Crippen LogP contribution in [0.15, 0.2) is 58.1 Å². The zero-order valence-corrected chi connectivity index (χ0v) is 17.9. The van der Waals surface area contributed by atoms with Crippen molar-refractivity contribution in [2.75, 3.05) is 18.6 Å². The number of para-hydroxylation sites is 3. The molecule has 4 aromatic rings. The van der Waals surface area contributed by atoms with Crippen molar-refractivity contribution in [3.63, 3.8) is 0 Å². The van der Waals surface area contributed by atoms with E-state index in [4.69, 9.17) is 0 Å². The van der Waals surface area contributed by atoms with E-state index in [0.717, 1.165) is 21.4 Å². The molecule has 0 spiro atoms. The number of aromatic amines is 2. The molecule has 1 unspecified atom stereocenters. The summed E-state index contributed by atoms with van der Waals surface area (Å²) < 4.78 is 1.04. The summed E-state index contributed by atoms with van der Waals surface area (Å²) in [7, 11) is 0. The first-order valence-corrected chi connectivity index (χ1v) is 11.4. The van der Waals surface area contributed by atoms with Gasteiger partial charge in [0.25, 0.3) is 5.56 Å². The number of rotatable bonds is 8. The highest BCUT2D eigenvalue weighted by atomic mass is 32.2. The molecule has 3 N–H and O–H groups in total. The molecule has 2 aromatic heterocycles. The highest BCUT2D eigenvalue weighted by molar-refractivity contribution is 7.98. The molecule has 2 heterocycles. The van der Waals surface area contributed by atoms with Crippen molar-refractivity contribution >= 4 is 39.6 Å². The Hall–Kier alpha value is -3.33. The van der Waals surface area contributed by atoms with Gasteiger partial charge in [0.15, 0.2) is 0 Å². The van der Waals surface area contributed by atoms with E-state index in [1.54, 1.807) is 36.0 Å². The number of H-pyrrole nitrogens is 2. The Balaban J connectivity index is 1.54. The number of fused-ring (bicyclic) bond motifs is 2. The van der Waals surface area contributed by atoms with Gasteiger partial charge in [-0.15, -0.1) is 0 Å². The lowest BCUT2D eigenvalue weighted by Gasteiger charge is -2.18. The molecule has 0 saturated heterocycles. The van der Waals surface area contributed by atoms with Crippen molar-refractivity contribution in [1.82, 2.24) is 24.8 Å². The van der Waals surface area contributed by atoms with Crippen LogP contribution in [0.4, 0.5) is 0 Å². The molecule has 8 nitrogen and oxygen atoms in total. The Kier molecular flexibility index (Phi) is 6.22. The summed E-state index contributed by atoms with van der Waals surface area (Å²) in [5.41, 5.74) is 1.23. The van der Waals surface area contributed by atoms with Crippen molar-refractivity contribution in [1.29, 1.82) is 0 Å². The Morgan fingerprint density at radius 1 is 1.10 bits per heavy atom. The van der Waals surface area contributed by atoms with Crippen LogP contribution in [0.2, 0.25) is 0 Å². The maximum absolute atomic E-state index is 13.0. The molecule has 1 atom stereocenters. The molecule has 0 aliphatic heterocycles. The van der Waals surface area contributed by atoms with Gasteiger partial charge in [-0.1, -0.05) is 24.3 Å². The van der Waals surface area contributed by atoms with Gasteiger partial charge in [-0.25, -0.2) is 14.3 Å². The topological polar surface area (TPSA) is 113 Å². The smallest absolute Gasteiger partial charge is 0.329 e. The van der Waals surface area contributed by atoms with Crippen LogP contribution in [-0.2, 0) is 11.2 Å². The number of hydrogen-bond acceptors (Lipinski definition) is 5. The summed E-state index contributed by atoms with van der Waals surface area (Å²) in [6.07, 6.45) is 2.81. The predicted molar refractivity (Wildman–Crippen MR) is 124 cm³/mol.